The predicted molar refractivity (Wildman–Crippen MR) is 164 cm³/mol. The maximum absolute atomic E-state index is 14.1. The van der Waals surface area contributed by atoms with Gasteiger partial charge in [0.05, 0.1) is 18.2 Å². The van der Waals surface area contributed by atoms with Crippen LogP contribution in [-0.2, 0) is 24.1 Å². The molecular weight excluding hydrogens is 527 g/mol. The summed E-state index contributed by atoms with van der Waals surface area (Å²) in [5.74, 6) is 0.134. The first-order valence-electron chi connectivity index (χ1n) is 14.8. The number of carbonyl (C=O) groups excluding carboxylic acids is 1. The first-order chi connectivity index (χ1) is 20.6. The number of hydrogen-bond acceptors (Lipinski definition) is 4. The molecular formula is C36H39FN2O3. The minimum absolute atomic E-state index is 0.00339. The van der Waals surface area contributed by atoms with Crippen LogP contribution in [0.4, 0.5) is 4.39 Å². The summed E-state index contributed by atoms with van der Waals surface area (Å²) in [6.07, 6.45) is 3.24. The molecule has 4 aromatic rings. The number of amides is 1. The quantitative estimate of drug-likeness (QED) is 0.291. The van der Waals surface area contributed by atoms with Gasteiger partial charge in [-0.1, -0.05) is 84.9 Å². The van der Waals surface area contributed by atoms with Gasteiger partial charge in [-0.05, 0) is 73.2 Å². The molecule has 1 amide bonds. The molecule has 0 saturated heterocycles. The van der Waals surface area contributed by atoms with Gasteiger partial charge in [-0.25, -0.2) is 4.39 Å². The topological polar surface area (TPSA) is 50.8 Å². The normalized spacial score (nSPS) is 19.0. The zero-order chi connectivity index (χ0) is 29.0. The Morgan fingerprint density at radius 2 is 1.45 bits per heavy atom. The smallest absolute Gasteiger partial charge is 0.255 e. The van der Waals surface area contributed by atoms with Crippen LogP contribution in [0.15, 0.2) is 109 Å². The van der Waals surface area contributed by atoms with Crippen molar-refractivity contribution in [1.82, 2.24) is 10.2 Å². The van der Waals surface area contributed by atoms with Crippen molar-refractivity contribution in [3.8, 4) is 5.75 Å². The van der Waals surface area contributed by atoms with E-state index in [0.29, 0.717) is 44.1 Å². The summed E-state index contributed by atoms with van der Waals surface area (Å²) in [6.45, 7) is 2.82. The van der Waals surface area contributed by atoms with E-state index in [4.69, 9.17) is 9.47 Å². The average molecular weight is 567 g/mol. The van der Waals surface area contributed by atoms with Crippen LogP contribution in [0.1, 0.15) is 39.9 Å². The Kier molecular flexibility index (Phi) is 10.7. The lowest BCUT2D eigenvalue weighted by molar-refractivity contribution is 0.0819. The van der Waals surface area contributed by atoms with Crippen LogP contribution in [0.25, 0.3) is 0 Å². The highest BCUT2D eigenvalue weighted by Crippen LogP contribution is 2.22. The highest BCUT2D eigenvalue weighted by Gasteiger charge is 2.23. The van der Waals surface area contributed by atoms with E-state index in [1.165, 1.54) is 11.6 Å². The second-order valence-electron chi connectivity index (χ2n) is 10.9. The average Bonchev–Trinajstić information content (AvgIpc) is 3.01. The van der Waals surface area contributed by atoms with Crippen molar-refractivity contribution in [3.63, 3.8) is 0 Å². The summed E-state index contributed by atoms with van der Waals surface area (Å²) >= 11 is 0. The summed E-state index contributed by atoms with van der Waals surface area (Å²) in [7, 11) is 0. The van der Waals surface area contributed by atoms with Crippen molar-refractivity contribution in [2.45, 2.75) is 44.3 Å². The van der Waals surface area contributed by atoms with E-state index >= 15 is 0 Å². The van der Waals surface area contributed by atoms with Crippen LogP contribution in [0.5, 0.6) is 5.75 Å². The van der Waals surface area contributed by atoms with Crippen molar-refractivity contribution in [2.24, 2.45) is 0 Å². The maximum atomic E-state index is 14.1. The zero-order valence-electron chi connectivity index (χ0n) is 24.0. The number of para-hydroxylation sites is 1. The number of rotatable bonds is 6. The molecule has 42 heavy (non-hydrogen) atoms. The molecule has 1 aliphatic rings. The predicted octanol–water partition coefficient (Wildman–Crippen LogP) is 6.47. The SMILES string of the molecule is O=C1N[C@@H](Cc2ccccc2)COCCCCN(Cc2cccc(F)c2)[C@@H](Cc2ccccc2)COc2ccccc21. The van der Waals surface area contributed by atoms with Gasteiger partial charge in [-0.3, -0.25) is 9.69 Å². The molecule has 2 atom stereocenters. The molecule has 5 rings (SSSR count). The molecule has 0 bridgehead atoms. The second kappa shape index (κ2) is 15.3. The Balaban J connectivity index is 1.41. The summed E-state index contributed by atoms with van der Waals surface area (Å²) < 4.78 is 26.7. The highest BCUT2D eigenvalue weighted by atomic mass is 19.1. The van der Waals surface area contributed by atoms with E-state index in [-0.39, 0.29) is 23.8 Å². The van der Waals surface area contributed by atoms with Gasteiger partial charge in [0.2, 0.25) is 0 Å². The molecule has 1 N–H and O–H groups in total. The molecule has 0 fully saturated rings. The second-order valence-corrected chi connectivity index (χ2v) is 10.9. The van der Waals surface area contributed by atoms with Crippen LogP contribution in [0, 0.1) is 5.82 Å². The van der Waals surface area contributed by atoms with E-state index in [9.17, 15) is 9.18 Å². The van der Waals surface area contributed by atoms with Crippen LogP contribution < -0.4 is 10.1 Å². The van der Waals surface area contributed by atoms with E-state index in [1.54, 1.807) is 18.2 Å². The van der Waals surface area contributed by atoms with Gasteiger partial charge >= 0.3 is 0 Å². The summed E-state index contributed by atoms with van der Waals surface area (Å²) in [5.41, 5.74) is 3.77. The number of nitrogens with zero attached hydrogens (tertiary/aromatic N) is 1. The first kappa shape index (κ1) is 29.5. The summed E-state index contributed by atoms with van der Waals surface area (Å²) in [4.78, 5) is 15.9. The Morgan fingerprint density at radius 3 is 2.21 bits per heavy atom. The van der Waals surface area contributed by atoms with Gasteiger partial charge in [0, 0.05) is 19.2 Å². The molecule has 0 aliphatic carbocycles. The molecule has 0 aromatic heterocycles. The lowest BCUT2D eigenvalue weighted by atomic mass is 10.0. The lowest BCUT2D eigenvalue weighted by Crippen LogP contribution is -2.41. The standard InChI is InChI=1S/C36H39FN2O3/c37-31-17-11-16-30(22-31)25-39-20-9-10-21-41-26-32(23-28-12-3-1-4-13-28)38-36(40)34-18-7-8-19-35(34)42-27-33(39)24-29-14-5-2-6-15-29/h1-8,11-19,22,32-33H,9-10,20-21,23-27H2,(H,38,40)/t32-,33-/m0/s1. The number of fused-ring (bicyclic) bond motifs is 1. The number of benzene rings is 4. The van der Waals surface area contributed by atoms with Crippen molar-refractivity contribution in [3.05, 3.63) is 137 Å². The van der Waals surface area contributed by atoms with Gasteiger partial charge in [0.1, 0.15) is 18.2 Å². The third-order valence-electron chi connectivity index (χ3n) is 7.63. The maximum Gasteiger partial charge on any atom is 0.255 e. The molecule has 218 valence electrons. The number of nitrogens with one attached hydrogen (secondary N) is 1. The number of ether oxygens (including phenoxy) is 2. The van der Waals surface area contributed by atoms with E-state index in [0.717, 1.165) is 36.9 Å². The van der Waals surface area contributed by atoms with Gasteiger partial charge in [0.15, 0.2) is 0 Å². The molecule has 5 nitrogen and oxygen atoms in total. The Morgan fingerprint density at radius 1 is 0.762 bits per heavy atom. The van der Waals surface area contributed by atoms with Crippen LogP contribution in [0.3, 0.4) is 0 Å². The van der Waals surface area contributed by atoms with E-state index < -0.39 is 0 Å². The zero-order valence-corrected chi connectivity index (χ0v) is 24.0. The fourth-order valence-electron chi connectivity index (χ4n) is 5.46. The van der Waals surface area contributed by atoms with E-state index in [2.05, 4.69) is 34.5 Å². The highest BCUT2D eigenvalue weighted by molar-refractivity contribution is 5.97. The minimum atomic E-state index is -0.236. The van der Waals surface area contributed by atoms with Gasteiger partial charge < -0.3 is 14.8 Å². The largest absolute Gasteiger partial charge is 0.491 e. The molecule has 0 saturated carbocycles. The summed E-state index contributed by atoms with van der Waals surface area (Å²) in [6, 6.07) is 34.5. The monoisotopic (exact) mass is 566 g/mol. The number of hydrogen-bond donors (Lipinski definition) is 1. The van der Waals surface area contributed by atoms with Crippen molar-refractivity contribution < 1.29 is 18.7 Å². The lowest BCUT2D eigenvalue weighted by Gasteiger charge is -2.32. The van der Waals surface area contributed by atoms with Crippen LogP contribution in [0.2, 0.25) is 0 Å². The minimum Gasteiger partial charge on any atom is -0.491 e. The van der Waals surface area contributed by atoms with Gasteiger partial charge in [0.25, 0.3) is 5.91 Å². The third kappa shape index (κ3) is 8.75. The van der Waals surface area contributed by atoms with Crippen molar-refractivity contribution >= 4 is 5.91 Å². The van der Waals surface area contributed by atoms with E-state index in [1.807, 2.05) is 60.7 Å². The molecule has 1 heterocycles. The van der Waals surface area contributed by atoms with Gasteiger partial charge in [-0.2, -0.15) is 0 Å². The Labute approximate surface area is 248 Å². The number of carbonyl (C=O) groups is 1. The number of halogens is 1. The molecule has 4 aromatic carbocycles. The molecule has 1 aliphatic heterocycles. The molecule has 0 unspecified atom stereocenters. The molecule has 6 heteroatoms. The Hall–Kier alpha value is -4.00. The fourth-order valence-corrected chi connectivity index (χ4v) is 5.46. The van der Waals surface area contributed by atoms with Crippen LogP contribution >= 0.6 is 0 Å². The summed E-state index contributed by atoms with van der Waals surface area (Å²) in [5, 5.41) is 3.20. The third-order valence-corrected chi connectivity index (χ3v) is 7.63. The van der Waals surface area contributed by atoms with Crippen molar-refractivity contribution in [1.29, 1.82) is 0 Å². The molecule has 0 spiro atoms. The molecule has 0 radical (unpaired) electrons. The fraction of sp³-hybridized carbons (Fsp3) is 0.306. The Bertz CT molecular complexity index is 1400. The van der Waals surface area contributed by atoms with Gasteiger partial charge in [-0.15, -0.1) is 0 Å². The van der Waals surface area contributed by atoms with Crippen LogP contribution in [-0.4, -0.2) is 49.3 Å². The van der Waals surface area contributed by atoms with Crippen molar-refractivity contribution in [2.75, 3.05) is 26.4 Å². The first-order valence-corrected chi connectivity index (χ1v) is 14.8.